The van der Waals surface area contributed by atoms with Gasteiger partial charge in [-0.15, -0.1) is 0 Å². The Bertz CT molecular complexity index is 83.8. The monoisotopic (exact) mass is 165 g/mol. The Morgan fingerprint density at radius 2 is 1.70 bits per heavy atom. The minimum Gasteiger partial charge on any atom is -0.341 e. The first-order chi connectivity index (χ1) is 4.68. The molecular formula is C6H15NO2S. The molecule has 0 aliphatic heterocycles. The molecule has 0 aromatic heterocycles. The molecule has 3 nitrogen and oxygen atoms in total. The van der Waals surface area contributed by atoms with Crippen molar-refractivity contribution in [2.24, 2.45) is 5.14 Å². The van der Waals surface area contributed by atoms with E-state index in [-0.39, 0.29) is 0 Å². The van der Waals surface area contributed by atoms with Crippen molar-refractivity contribution in [3.8, 4) is 0 Å². The van der Waals surface area contributed by atoms with E-state index in [0.717, 1.165) is 11.9 Å². The maximum atomic E-state index is 5.35. The van der Waals surface area contributed by atoms with Gasteiger partial charge in [0.2, 0.25) is 5.12 Å². The molecule has 0 aliphatic rings. The quantitative estimate of drug-likeness (QED) is 0.493. The summed E-state index contributed by atoms with van der Waals surface area (Å²) in [5.74, 6) is 0. The fourth-order valence-corrected chi connectivity index (χ4v) is 1.01. The first-order valence-electron chi connectivity index (χ1n) is 3.34. The van der Waals surface area contributed by atoms with E-state index in [4.69, 9.17) is 14.6 Å². The van der Waals surface area contributed by atoms with Gasteiger partial charge in [-0.1, -0.05) is 0 Å². The van der Waals surface area contributed by atoms with Crippen LogP contribution in [-0.4, -0.2) is 18.3 Å². The molecule has 62 valence electrons. The summed E-state index contributed by atoms with van der Waals surface area (Å²) in [5.41, 5.74) is 0. The molecule has 10 heavy (non-hydrogen) atoms. The second-order valence-electron chi connectivity index (χ2n) is 1.85. The van der Waals surface area contributed by atoms with Crippen molar-refractivity contribution < 1.29 is 9.47 Å². The smallest absolute Gasteiger partial charge is 0.229 e. The second kappa shape index (κ2) is 4.96. The van der Waals surface area contributed by atoms with E-state index in [0.29, 0.717) is 13.2 Å². The van der Waals surface area contributed by atoms with Gasteiger partial charge >= 0.3 is 0 Å². The van der Waals surface area contributed by atoms with Crippen LogP contribution in [-0.2, 0) is 9.47 Å². The Hall–Kier alpha value is 0.230. The van der Waals surface area contributed by atoms with Crippen LogP contribution in [0.3, 0.4) is 0 Å². The molecule has 0 aromatic carbocycles. The molecule has 4 heteroatoms. The van der Waals surface area contributed by atoms with Crippen LogP contribution in [0.4, 0.5) is 0 Å². The van der Waals surface area contributed by atoms with Gasteiger partial charge in [0, 0.05) is 20.1 Å². The van der Waals surface area contributed by atoms with Crippen LogP contribution < -0.4 is 5.14 Å². The average Bonchev–Trinajstić information content (AvgIpc) is 1.89. The molecule has 0 bridgehead atoms. The van der Waals surface area contributed by atoms with Crippen molar-refractivity contribution in [2.75, 3.05) is 13.2 Å². The molecular weight excluding hydrogens is 150 g/mol. The maximum Gasteiger partial charge on any atom is 0.229 e. The molecule has 0 heterocycles. The molecule has 0 radical (unpaired) electrons. The van der Waals surface area contributed by atoms with Gasteiger partial charge in [0.05, 0.1) is 0 Å². The fraction of sp³-hybridized carbons (Fsp3) is 1.00. The second-order valence-corrected chi connectivity index (χ2v) is 2.82. The van der Waals surface area contributed by atoms with Crippen molar-refractivity contribution in [3.05, 3.63) is 0 Å². The summed E-state index contributed by atoms with van der Waals surface area (Å²) in [4.78, 5) is 0. The van der Waals surface area contributed by atoms with E-state index in [9.17, 15) is 0 Å². The SMILES string of the molecule is CCOC(C)(OCC)SN. The lowest BCUT2D eigenvalue weighted by Gasteiger charge is -2.25. The predicted molar refractivity (Wildman–Crippen MR) is 43.4 cm³/mol. The zero-order valence-electron chi connectivity index (χ0n) is 6.72. The Labute approximate surface area is 66.4 Å². The van der Waals surface area contributed by atoms with Gasteiger partial charge in [-0.3, -0.25) is 5.14 Å². The first-order valence-corrected chi connectivity index (χ1v) is 4.22. The van der Waals surface area contributed by atoms with Crippen LogP contribution in [0.15, 0.2) is 0 Å². The summed E-state index contributed by atoms with van der Waals surface area (Å²) in [6.45, 7) is 6.85. The number of hydrogen-bond donors (Lipinski definition) is 1. The Balaban J connectivity index is 3.69. The van der Waals surface area contributed by atoms with Crippen molar-refractivity contribution in [2.45, 2.75) is 25.9 Å². The van der Waals surface area contributed by atoms with E-state index in [1.807, 2.05) is 20.8 Å². The highest BCUT2D eigenvalue weighted by Crippen LogP contribution is 2.22. The topological polar surface area (TPSA) is 44.5 Å². The zero-order valence-corrected chi connectivity index (χ0v) is 7.53. The summed E-state index contributed by atoms with van der Waals surface area (Å²) < 4.78 is 10.5. The van der Waals surface area contributed by atoms with Crippen LogP contribution in [0.25, 0.3) is 0 Å². The van der Waals surface area contributed by atoms with Crippen molar-refractivity contribution in [1.29, 1.82) is 0 Å². The highest BCUT2D eigenvalue weighted by atomic mass is 32.2. The standard InChI is InChI=1S/C6H15NO2S/c1-4-8-6(3,10-7)9-5-2/h4-5,7H2,1-3H3. The zero-order chi connectivity index (χ0) is 8.04. The van der Waals surface area contributed by atoms with Gasteiger partial charge < -0.3 is 9.47 Å². The molecule has 0 fully saturated rings. The summed E-state index contributed by atoms with van der Waals surface area (Å²) in [6.07, 6.45) is 0. The lowest BCUT2D eigenvalue weighted by Crippen LogP contribution is -2.30. The number of hydrogen-bond acceptors (Lipinski definition) is 4. The third kappa shape index (κ3) is 3.41. The van der Waals surface area contributed by atoms with Gasteiger partial charge in [0.25, 0.3) is 0 Å². The molecule has 0 saturated carbocycles. The van der Waals surface area contributed by atoms with E-state index in [1.54, 1.807) is 0 Å². The normalized spacial score (nSPS) is 12.0. The van der Waals surface area contributed by atoms with E-state index >= 15 is 0 Å². The van der Waals surface area contributed by atoms with Gasteiger partial charge in [0.15, 0.2) is 0 Å². The van der Waals surface area contributed by atoms with Crippen LogP contribution in [0.1, 0.15) is 20.8 Å². The van der Waals surface area contributed by atoms with Gasteiger partial charge in [-0.05, 0) is 25.8 Å². The molecule has 2 N–H and O–H groups in total. The number of nitrogens with two attached hydrogens (primary N) is 1. The maximum absolute atomic E-state index is 5.35. The fourth-order valence-electron chi connectivity index (χ4n) is 0.634. The summed E-state index contributed by atoms with van der Waals surface area (Å²) in [5, 5.41) is 4.68. The van der Waals surface area contributed by atoms with E-state index in [1.165, 1.54) is 0 Å². The molecule has 0 amide bonds. The van der Waals surface area contributed by atoms with Crippen LogP contribution in [0.2, 0.25) is 0 Å². The lowest BCUT2D eigenvalue weighted by atomic mass is 10.7. The van der Waals surface area contributed by atoms with Crippen LogP contribution in [0.5, 0.6) is 0 Å². The summed E-state index contributed by atoms with van der Waals surface area (Å²) in [6, 6.07) is 0. The lowest BCUT2D eigenvalue weighted by molar-refractivity contribution is -0.152. The molecule has 0 aromatic rings. The summed E-state index contributed by atoms with van der Waals surface area (Å²) in [7, 11) is 0. The number of rotatable bonds is 5. The molecule has 0 atom stereocenters. The minimum absolute atomic E-state index is 0.612. The molecule has 0 saturated heterocycles. The van der Waals surface area contributed by atoms with Gasteiger partial charge in [-0.25, -0.2) is 0 Å². The molecule has 0 unspecified atom stereocenters. The highest BCUT2D eigenvalue weighted by Gasteiger charge is 2.23. The largest absolute Gasteiger partial charge is 0.341 e. The van der Waals surface area contributed by atoms with Gasteiger partial charge in [-0.2, -0.15) is 0 Å². The Kier molecular flexibility index (Phi) is 5.07. The van der Waals surface area contributed by atoms with E-state index < -0.39 is 5.12 Å². The third-order valence-electron chi connectivity index (χ3n) is 1.03. The molecule has 0 aliphatic carbocycles. The summed E-state index contributed by atoms with van der Waals surface area (Å²) >= 11 is 1.08. The van der Waals surface area contributed by atoms with Crippen LogP contribution in [0, 0.1) is 0 Å². The minimum atomic E-state index is -0.663. The van der Waals surface area contributed by atoms with Gasteiger partial charge in [0.1, 0.15) is 0 Å². The molecule has 0 spiro atoms. The van der Waals surface area contributed by atoms with Crippen molar-refractivity contribution >= 4 is 11.9 Å². The highest BCUT2D eigenvalue weighted by molar-refractivity contribution is 7.98. The molecule has 0 rings (SSSR count). The Morgan fingerprint density at radius 3 is 1.90 bits per heavy atom. The third-order valence-corrected chi connectivity index (χ3v) is 1.69. The van der Waals surface area contributed by atoms with E-state index in [2.05, 4.69) is 0 Å². The van der Waals surface area contributed by atoms with Crippen molar-refractivity contribution in [3.63, 3.8) is 0 Å². The average molecular weight is 165 g/mol. The first kappa shape index (κ1) is 10.2. The van der Waals surface area contributed by atoms with Crippen LogP contribution >= 0.6 is 11.9 Å². The number of ether oxygens (including phenoxy) is 2. The Morgan fingerprint density at radius 1 is 1.30 bits per heavy atom. The predicted octanol–water partition coefficient (Wildman–Crippen LogP) is 1.34. The van der Waals surface area contributed by atoms with Crippen molar-refractivity contribution in [1.82, 2.24) is 0 Å².